The summed E-state index contributed by atoms with van der Waals surface area (Å²) in [5, 5.41) is 14.2. The van der Waals surface area contributed by atoms with Crippen LogP contribution in [0.15, 0.2) is 0 Å². The van der Waals surface area contributed by atoms with Gasteiger partial charge in [0.2, 0.25) is 5.82 Å². The Hall–Kier alpha value is -2.42. The minimum Gasteiger partial charge on any atom is -0.462 e. The molecule has 23 heavy (non-hydrogen) atoms. The van der Waals surface area contributed by atoms with E-state index in [1.165, 1.54) is 0 Å². The van der Waals surface area contributed by atoms with E-state index in [1.807, 2.05) is 19.0 Å². The van der Waals surface area contributed by atoms with Gasteiger partial charge >= 0.3 is 11.7 Å². The number of esters is 1. The Morgan fingerprint density at radius 2 is 2.13 bits per heavy atom. The highest BCUT2D eigenvalue weighted by atomic mass is 16.6. The molecule has 0 radical (unpaired) electrons. The molecule has 1 aromatic heterocycles. The first-order valence-corrected chi connectivity index (χ1v) is 7.29. The van der Waals surface area contributed by atoms with E-state index in [2.05, 4.69) is 10.3 Å². The van der Waals surface area contributed by atoms with E-state index >= 15 is 0 Å². The third-order valence-electron chi connectivity index (χ3n) is 3.13. The topological polar surface area (TPSA) is 124 Å². The summed E-state index contributed by atoms with van der Waals surface area (Å²) >= 11 is 0. The average molecular weight is 325 g/mol. The molecule has 3 N–H and O–H groups in total. The normalized spacial score (nSPS) is 10.7. The summed E-state index contributed by atoms with van der Waals surface area (Å²) in [4.78, 5) is 28.7. The first kappa shape index (κ1) is 18.6. The number of aryl methyl sites for hydroxylation is 1. The first-order valence-electron chi connectivity index (χ1n) is 7.29. The van der Waals surface area contributed by atoms with Crippen molar-refractivity contribution < 1.29 is 14.5 Å². The molecule has 1 aromatic rings. The SMILES string of the molecule is CCOC(=O)c1c(C)nc(NCCCN(C)C)c([N+](=O)[O-])c1N. The molecule has 0 saturated heterocycles. The molecule has 0 fully saturated rings. The van der Waals surface area contributed by atoms with Gasteiger partial charge in [0.25, 0.3) is 0 Å². The minimum atomic E-state index is -0.711. The third-order valence-corrected chi connectivity index (χ3v) is 3.13. The number of pyridine rings is 1. The predicted molar refractivity (Wildman–Crippen MR) is 87.7 cm³/mol. The standard InChI is InChI=1S/C14H23N5O4/c1-5-23-14(20)10-9(2)17-13(12(11(10)15)19(21)22)16-7-6-8-18(3)4/h5-8H2,1-4H3,(H3,15,16,17). The quantitative estimate of drug-likeness (QED) is 0.318. The van der Waals surface area contributed by atoms with Crippen molar-refractivity contribution in [1.29, 1.82) is 0 Å². The van der Waals surface area contributed by atoms with Gasteiger partial charge in [-0.15, -0.1) is 0 Å². The number of nitrogens with two attached hydrogens (primary N) is 1. The lowest BCUT2D eigenvalue weighted by atomic mass is 10.1. The van der Waals surface area contributed by atoms with E-state index in [9.17, 15) is 14.9 Å². The van der Waals surface area contributed by atoms with Crippen LogP contribution in [0, 0.1) is 17.0 Å². The molecular weight excluding hydrogens is 302 g/mol. The van der Waals surface area contributed by atoms with Gasteiger partial charge in [-0.3, -0.25) is 10.1 Å². The highest BCUT2D eigenvalue weighted by Crippen LogP contribution is 2.34. The second kappa shape index (κ2) is 8.28. The molecule has 9 heteroatoms. The number of nitrogen functional groups attached to an aromatic ring is 1. The number of hydrogen-bond acceptors (Lipinski definition) is 8. The zero-order valence-corrected chi connectivity index (χ0v) is 13.9. The Labute approximate surface area is 135 Å². The molecule has 0 aliphatic rings. The van der Waals surface area contributed by atoms with Crippen LogP contribution in [0.5, 0.6) is 0 Å². The second-order valence-corrected chi connectivity index (χ2v) is 5.24. The van der Waals surface area contributed by atoms with Crippen LogP contribution in [0.2, 0.25) is 0 Å². The lowest BCUT2D eigenvalue weighted by Crippen LogP contribution is -2.19. The maximum Gasteiger partial charge on any atom is 0.342 e. The molecule has 0 unspecified atom stereocenters. The zero-order chi connectivity index (χ0) is 17.6. The number of carbonyl (C=O) groups excluding carboxylic acids is 1. The molecule has 0 aromatic carbocycles. The van der Waals surface area contributed by atoms with Crippen molar-refractivity contribution in [3.05, 3.63) is 21.4 Å². The molecule has 0 aliphatic carbocycles. The van der Waals surface area contributed by atoms with Crippen LogP contribution in [0.4, 0.5) is 17.2 Å². The van der Waals surface area contributed by atoms with Crippen LogP contribution in [0.25, 0.3) is 0 Å². The van der Waals surface area contributed by atoms with Gasteiger partial charge in [0, 0.05) is 6.54 Å². The lowest BCUT2D eigenvalue weighted by Gasteiger charge is -2.14. The summed E-state index contributed by atoms with van der Waals surface area (Å²) in [6, 6.07) is 0. The average Bonchev–Trinajstić information content (AvgIpc) is 2.42. The number of anilines is 2. The fraction of sp³-hybridized carbons (Fsp3) is 0.571. The van der Waals surface area contributed by atoms with Crippen molar-refractivity contribution in [2.45, 2.75) is 20.3 Å². The summed E-state index contributed by atoms with van der Waals surface area (Å²) in [5.41, 5.74) is 5.45. The molecule has 1 heterocycles. The van der Waals surface area contributed by atoms with Crippen molar-refractivity contribution in [3.8, 4) is 0 Å². The van der Waals surface area contributed by atoms with E-state index in [0.29, 0.717) is 12.2 Å². The summed E-state index contributed by atoms with van der Waals surface area (Å²) in [6.07, 6.45) is 0.782. The first-order chi connectivity index (χ1) is 10.8. The van der Waals surface area contributed by atoms with Crippen LogP contribution in [0.1, 0.15) is 29.4 Å². The van der Waals surface area contributed by atoms with Crippen LogP contribution >= 0.6 is 0 Å². The summed E-state index contributed by atoms with van der Waals surface area (Å²) in [5.74, 6) is -0.644. The highest BCUT2D eigenvalue weighted by Gasteiger charge is 2.28. The van der Waals surface area contributed by atoms with E-state index < -0.39 is 16.6 Å². The van der Waals surface area contributed by atoms with E-state index in [1.54, 1.807) is 13.8 Å². The number of nitrogens with one attached hydrogen (secondary N) is 1. The Morgan fingerprint density at radius 3 is 2.65 bits per heavy atom. The summed E-state index contributed by atoms with van der Waals surface area (Å²) < 4.78 is 4.88. The molecule has 0 aliphatic heterocycles. The number of nitrogens with zero attached hydrogens (tertiary/aromatic N) is 3. The van der Waals surface area contributed by atoms with Crippen molar-refractivity contribution in [3.63, 3.8) is 0 Å². The van der Waals surface area contributed by atoms with Gasteiger partial charge in [0.1, 0.15) is 11.3 Å². The molecule has 0 spiro atoms. The molecule has 0 saturated carbocycles. The Morgan fingerprint density at radius 1 is 1.48 bits per heavy atom. The Bertz CT molecular complexity index is 589. The van der Waals surface area contributed by atoms with Crippen LogP contribution < -0.4 is 11.1 Å². The third kappa shape index (κ3) is 4.78. The van der Waals surface area contributed by atoms with Gasteiger partial charge in [0.15, 0.2) is 0 Å². The predicted octanol–water partition coefficient (Wildman–Crippen LogP) is 1.42. The van der Waals surface area contributed by atoms with Crippen molar-refractivity contribution in [2.75, 3.05) is 44.8 Å². The number of hydrogen-bond donors (Lipinski definition) is 2. The van der Waals surface area contributed by atoms with Crippen LogP contribution in [-0.2, 0) is 4.74 Å². The molecule has 128 valence electrons. The maximum atomic E-state index is 11.9. The lowest BCUT2D eigenvalue weighted by molar-refractivity contribution is -0.383. The van der Waals surface area contributed by atoms with Gasteiger partial charge in [-0.1, -0.05) is 0 Å². The summed E-state index contributed by atoms with van der Waals surface area (Å²) in [7, 11) is 3.88. The van der Waals surface area contributed by atoms with Gasteiger partial charge in [-0.05, 0) is 40.9 Å². The largest absolute Gasteiger partial charge is 0.462 e. The van der Waals surface area contributed by atoms with E-state index in [4.69, 9.17) is 10.5 Å². The Kier molecular flexibility index (Phi) is 6.70. The Balaban J connectivity index is 3.12. The van der Waals surface area contributed by atoms with Crippen LogP contribution in [-0.4, -0.2) is 54.6 Å². The van der Waals surface area contributed by atoms with Gasteiger partial charge in [-0.2, -0.15) is 0 Å². The number of nitro groups is 1. The van der Waals surface area contributed by atoms with E-state index in [0.717, 1.165) is 13.0 Å². The number of rotatable bonds is 8. The maximum absolute atomic E-state index is 11.9. The monoisotopic (exact) mass is 325 g/mol. The van der Waals surface area contributed by atoms with Crippen molar-refractivity contribution >= 4 is 23.2 Å². The number of ether oxygens (including phenoxy) is 1. The molecular formula is C14H23N5O4. The number of carbonyl (C=O) groups is 1. The zero-order valence-electron chi connectivity index (χ0n) is 13.9. The minimum absolute atomic E-state index is 0.0580. The molecule has 0 bridgehead atoms. The van der Waals surface area contributed by atoms with Crippen molar-refractivity contribution in [2.24, 2.45) is 0 Å². The molecule has 0 amide bonds. The van der Waals surface area contributed by atoms with Crippen LogP contribution in [0.3, 0.4) is 0 Å². The van der Waals surface area contributed by atoms with E-state index in [-0.39, 0.29) is 23.7 Å². The second-order valence-electron chi connectivity index (χ2n) is 5.24. The molecule has 1 rings (SSSR count). The fourth-order valence-electron chi connectivity index (χ4n) is 2.09. The summed E-state index contributed by atoms with van der Waals surface area (Å²) in [6.45, 7) is 4.69. The molecule has 9 nitrogen and oxygen atoms in total. The van der Waals surface area contributed by atoms with Gasteiger partial charge in [0.05, 0.1) is 17.2 Å². The van der Waals surface area contributed by atoms with Gasteiger partial charge in [-0.25, -0.2) is 9.78 Å². The van der Waals surface area contributed by atoms with Crippen molar-refractivity contribution in [1.82, 2.24) is 9.88 Å². The highest BCUT2D eigenvalue weighted by molar-refractivity contribution is 6.00. The van der Waals surface area contributed by atoms with Gasteiger partial charge < -0.3 is 20.7 Å². The fourth-order valence-corrected chi connectivity index (χ4v) is 2.09. The molecule has 0 atom stereocenters. The smallest absolute Gasteiger partial charge is 0.342 e. The number of aromatic nitrogens is 1.